The van der Waals surface area contributed by atoms with E-state index >= 15 is 0 Å². The average molecular weight is 583 g/mol. The molecule has 0 spiro atoms. The van der Waals surface area contributed by atoms with Crippen molar-refractivity contribution in [1.29, 1.82) is 0 Å². The fourth-order valence-electron chi connectivity index (χ4n) is 4.24. The van der Waals surface area contributed by atoms with Gasteiger partial charge in [-0.25, -0.2) is 4.79 Å². The van der Waals surface area contributed by atoms with Crippen molar-refractivity contribution >= 4 is 40.5 Å². The van der Waals surface area contributed by atoms with Crippen molar-refractivity contribution in [3.8, 4) is 5.75 Å². The van der Waals surface area contributed by atoms with E-state index in [1.165, 1.54) is 31.2 Å². The first-order valence-corrected chi connectivity index (χ1v) is 13.0. The number of aromatic nitrogens is 1. The van der Waals surface area contributed by atoms with Crippen LogP contribution in [0.1, 0.15) is 24.5 Å². The number of phenolic OH excluding ortho intramolecular Hbond substituents is 1. The van der Waals surface area contributed by atoms with E-state index in [9.17, 15) is 39.3 Å². The quantitative estimate of drug-likeness (QED) is 0.110. The Morgan fingerprint density at radius 3 is 2.07 bits per heavy atom. The Labute approximate surface area is 240 Å². The third-order valence-corrected chi connectivity index (χ3v) is 6.58. The number of primary amides is 1. The topological polar surface area (TPSA) is 250 Å². The maximum atomic E-state index is 13.5. The minimum atomic E-state index is -1.58. The Bertz CT molecular complexity index is 1440. The normalized spacial score (nSPS) is 14.6. The van der Waals surface area contributed by atoms with E-state index in [-0.39, 0.29) is 18.6 Å². The van der Waals surface area contributed by atoms with Gasteiger partial charge in [0.15, 0.2) is 0 Å². The SMILES string of the molecule is CC(O)C(N)C(=O)NC(Cc1c[nH]c2ccccc12)C(=O)NC(CC(N)=O)C(=O)NC(Cc1ccc(O)cc1)C(=O)O. The third kappa shape index (κ3) is 8.52. The van der Waals surface area contributed by atoms with Gasteiger partial charge in [-0.15, -0.1) is 0 Å². The number of benzene rings is 2. The summed E-state index contributed by atoms with van der Waals surface area (Å²) in [6.07, 6.45) is -0.451. The molecule has 224 valence electrons. The van der Waals surface area contributed by atoms with Crippen LogP contribution in [0.5, 0.6) is 5.75 Å². The van der Waals surface area contributed by atoms with E-state index in [1.54, 1.807) is 12.3 Å². The van der Waals surface area contributed by atoms with E-state index < -0.39 is 66.3 Å². The minimum absolute atomic E-state index is 0.0254. The van der Waals surface area contributed by atoms with Crippen LogP contribution in [-0.4, -0.2) is 80.2 Å². The molecule has 11 N–H and O–H groups in total. The summed E-state index contributed by atoms with van der Waals surface area (Å²) in [4.78, 5) is 66.0. The number of aliphatic carboxylic acids is 1. The van der Waals surface area contributed by atoms with Crippen LogP contribution >= 0.6 is 0 Å². The number of aliphatic hydroxyl groups excluding tert-OH is 1. The molecule has 0 saturated carbocycles. The van der Waals surface area contributed by atoms with Gasteiger partial charge in [-0.1, -0.05) is 30.3 Å². The fraction of sp³-hybridized carbons (Fsp3) is 0.321. The van der Waals surface area contributed by atoms with Crippen LogP contribution in [0.4, 0.5) is 0 Å². The number of H-pyrrole nitrogens is 1. The maximum Gasteiger partial charge on any atom is 0.326 e. The summed E-state index contributed by atoms with van der Waals surface area (Å²) in [7, 11) is 0. The van der Waals surface area contributed by atoms with Gasteiger partial charge >= 0.3 is 5.97 Å². The maximum absolute atomic E-state index is 13.5. The molecule has 3 rings (SSSR count). The lowest BCUT2D eigenvalue weighted by Gasteiger charge is -2.25. The predicted molar refractivity (Wildman–Crippen MR) is 151 cm³/mol. The Morgan fingerprint density at radius 1 is 0.857 bits per heavy atom. The molecule has 0 aliphatic rings. The van der Waals surface area contributed by atoms with Gasteiger partial charge in [0.05, 0.1) is 12.5 Å². The molecular weight excluding hydrogens is 548 g/mol. The van der Waals surface area contributed by atoms with Crippen LogP contribution in [-0.2, 0) is 36.8 Å². The van der Waals surface area contributed by atoms with Crippen molar-refractivity contribution < 1.29 is 39.3 Å². The van der Waals surface area contributed by atoms with Crippen molar-refractivity contribution in [1.82, 2.24) is 20.9 Å². The number of hydrogen-bond acceptors (Lipinski definition) is 8. The molecule has 3 aromatic rings. The monoisotopic (exact) mass is 582 g/mol. The number of carbonyl (C=O) groups is 5. The Morgan fingerprint density at radius 2 is 1.45 bits per heavy atom. The van der Waals surface area contributed by atoms with E-state index in [0.29, 0.717) is 11.1 Å². The van der Waals surface area contributed by atoms with Gasteiger partial charge in [0.2, 0.25) is 23.6 Å². The number of aromatic hydroxyl groups is 1. The van der Waals surface area contributed by atoms with E-state index in [0.717, 1.165) is 10.9 Å². The lowest BCUT2D eigenvalue weighted by molar-refractivity contribution is -0.142. The van der Waals surface area contributed by atoms with Crippen LogP contribution in [0.15, 0.2) is 54.7 Å². The zero-order valence-corrected chi connectivity index (χ0v) is 22.7. The number of nitrogens with two attached hydrogens (primary N) is 2. The number of aliphatic hydroxyl groups is 1. The number of fused-ring (bicyclic) bond motifs is 1. The number of phenols is 1. The number of aromatic amines is 1. The first-order chi connectivity index (χ1) is 19.8. The van der Waals surface area contributed by atoms with Crippen molar-refractivity contribution in [3.63, 3.8) is 0 Å². The number of para-hydroxylation sites is 1. The van der Waals surface area contributed by atoms with Crippen molar-refractivity contribution in [2.75, 3.05) is 0 Å². The molecule has 5 atom stereocenters. The second kappa shape index (κ2) is 14.1. The van der Waals surface area contributed by atoms with Gasteiger partial charge in [0.1, 0.15) is 29.9 Å². The van der Waals surface area contributed by atoms with Crippen LogP contribution in [0, 0.1) is 0 Å². The molecule has 14 heteroatoms. The van der Waals surface area contributed by atoms with Crippen molar-refractivity contribution in [2.45, 2.75) is 56.5 Å². The minimum Gasteiger partial charge on any atom is -0.508 e. The summed E-state index contributed by atoms with van der Waals surface area (Å²) in [5.74, 6) is -5.06. The molecule has 4 amide bonds. The van der Waals surface area contributed by atoms with Gasteiger partial charge in [-0.2, -0.15) is 0 Å². The van der Waals surface area contributed by atoms with Gasteiger partial charge in [0, 0.05) is 29.9 Å². The highest BCUT2D eigenvalue weighted by Crippen LogP contribution is 2.19. The number of hydrogen-bond donors (Lipinski definition) is 9. The van der Waals surface area contributed by atoms with Crippen LogP contribution in [0.3, 0.4) is 0 Å². The predicted octanol–water partition coefficient (Wildman–Crippen LogP) is -1.22. The first kappa shape index (κ1) is 31.6. The molecular formula is C28H34N6O8. The second-order valence-electron chi connectivity index (χ2n) is 9.89. The molecule has 1 aromatic heterocycles. The zero-order chi connectivity index (χ0) is 31.0. The van der Waals surface area contributed by atoms with E-state index in [4.69, 9.17) is 11.5 Å². The standard InChI is InChI=1S/C28H34N6O8/c1-14(35)24(30)27(40)33-20(11-16-13-31-19-5-3-2-4-18(16)19)25(38)32-21(12-23(29)37)26(39)34-22(28(41)42)10-15-6-8-17(36)9-7-15/h2-9,13-14,20-22,24,31,35-36H,10-12,30H2,1H3,(H2,29,37)(H,32,38)(H,33,40)(H,34,39)(H,41,42). The van der Waals surface area contributed by atoms with Gasteiger partial charge in [-0.3, -0.25) is 19.2 Å². The van der Waals surface area contributed by atoms with Gasteiger partial charge < -0.3 is 47.7 Å². The summed E-state index contributed by atoms with van der Waals surface area (Å²) in [5, 5.41) is 36.8. The number of carboxylic acid groups (broad SMARTS) is 1. The highest BCUT2D eigenvalue weighted by Gasteiger charge is 2.32. The molecule has 0 radical (unpaired) electrons. The van der Waals surface area contributed by atoms with E-state index in [2.05, 4.69) is 20.9 Å². The second-order valence-corrected chi connectivity index (χ2v) is 9.89. The molecule has 1 heterocycles. The summed E-state index contributed by atoms with van der Waals surface area (Å²) in [5.41, 5.74) is 13.0. The highest BCUT2D eigenvalue weighted by atomic mass is 16.4. The largest absolute Gasteiger partial charge is 0.508 e. The summed E-state index contributed by atoms with van der Waals surface area (Å²) in [6, 6.07) is 7.23. The zero-order valence-electron chi connectivity index (χ0n) is 22.7. The summed E-state index contributed by atoms with van der Waals surface area (Å²) in [6.45, 7) is 1.31. The number of rotatable bonds is 14. The Balaban J connectivity index is 1.83. The van der Waals surface area contributed by atoms with Gasteiger partial charge in [0.25, 0.3) is 0 Å². The number of nitrogens with one attached hydrogen (secondary N) is 4. The lowest BCUT2D eigenvalue weighted by atomic mass is 10.0. The smallest absolute Gasteiger partial charge is 0.326 e. The summed E-state index contributed by atoms with van der Waals surface area (Å²) < 4.78 is 0. The number of carbonyl (C=O) groups excluding carboxylic acids is 4. The van der Waals surface area contributed by atoms with E-state index in [1.807, 2.05) is 18.2 Å². The molecule has 2 aromatic carbocycles. The molecule has 5 unspecified atom stereocenters. The molecule has 0 aliphatic heterocycles. The number of amides is 4. The third-order valence-electron chi connectivity index (χ3n) is 6.58. The lowest BCUT2D eigenvalue weighted by Crippen LogP contribution is -2.59. The summed E-state index contributed by atoms with van der Waals surface area (Å²) >= 11 is 0. The number of carboxylic acids is 1. The van der Waals surface area contributed by atoms with Crippen molar-refractivity contribution in [3.05, 3.63) is 65.9 Å². The van der Waals surface area contributed by atoms with Crippen LogP contribution < -0.4 is 27.4 Å². The molecule has 0 fully saturated rings. The Kier molecular flexibility index (Phi) is 10.6. The van der Waals surface area contributed by atoms with Crippen LogP contribution in [0.2, 0.25) is 0 Å². The highest BCUT2D eigenvalue weighted by molar-refractivity contribution is 5.96. The van der Waals surface area contributed by atoms with Crippen LogP contribution in [0.25, 0.3) is 10.9 Å². The molecule has 0 aliphatic carbocycles. The molecule has 42 heavy (non-hydrogen) atoms. The first-order valence-electron chi connectivity index (χ1n) is 13.0. The molecule has 14 nitrogen and oxygen atoms in total. The fourth-order valence-corrected chi connectivity index (χ4v) is 4.24. The average Bonchev–Trinajstić information content (AvgIpc) is 3.34. The molecule has 0 bridgehead atoms. The van der Waals surface area contributed by atoms with Crippen molar-refractivity contribution in [2.24, 2.45) is 11.5 Å². The Hall–Kier alpha value is -4.95. The van der Waals surface area contributed by atoms with Gasteiger partial charge in [-0.05, 0) is 36.2 Å². The molecule has 0 saturated heterocycles.